The Morgan fingerprint density at radius 1 is 1.38 bits per heavy atom. The Hall–Kier alpha value is -1.18. The van der Waals surface area contributed by atoms with Gasteiger partial charge in [0.25, 0.3) is 0 Å². The fourth-order valence-electron chi connectivity index (χ4n) is 2.34. The van der Waals surface area contributed by atoms with Gasteiger partial charge in [0.1, 0.15) is 18.5 Å². The van der Waals surface area contributed by atoms with Crippen LogP contribution in [0.2, 0.25) is 0 Å². The monoisotopic (exact) mass is 302 g/mol. The maximum Gasteiger partial charge on any atom is 0.508 e. The number of Topliss-reactive ketones (excluding diaryl/α,β-unsaturated/α-hetero) is 1. The minimum absolute atomic E-state index is 0.160. The lowest BCUT2D eigenvalue weighted by Gasteiger charge is -2.21. The van der Waals surface area contributed by atoms with E-state index in [2.05, 4.69) is 4.74 Å². The molecular weight excluding hydrogens is 280 g/mol. The predicted molar refractivity (Wildman–Crippen MR) is 70.8 cm³/mol. The average Bonchev–Trinajstić information content (AvgIpc) is 3.04. The van der Waals surface area contributed by atoms with Gasteiger partial charge >= 0.3 is 6.16 Å². The summed E-state index contributed by atoms with van der Waals surface area (Å²) in [7, 11) is 0. The Bertz CT molecular complexity index is 370. The lowest BCUT2D eigenvalue weighted by Crippen LogP contribution is -2.34. The zero-order chi connectivity index (χ0) is 15.2. The van der Waals surface area contributed by atoms with Crippen LogP contribution in [0.25, 0.3) is 0 Å². The molecule has 7 nitrogen and oxygen atoms in total. The highest BCUT2D eigenvalue weighted by Crippen LogP contribution is 2.22. The molecule has 2 rings (SSSR count). The van der Waals surface area contributed by atoms with Gasteiger partial charge in [-0.2, -0.15) is 0 Å². The van der Waals surface area contributed by atoms with Gasteiger partial charge in [0.05, 0.1) is 19.3 Å². The highest BCUT2D eigenvalue weighted by atomic mass is 16.8. The summed E-state index contributed by atoms with van der Waals surface area (Å²) in [6.45, 7) is 2.73. The van der Waals surface area contributed by atoms with E-state index in [1.807, 2.05) is 0 Å². The summed E-state index contributed by atoms with van der Waals surface area (Å²) in [6.07, 6.45) is -0.222. The molecule has 4 atom stereocenters. The Labute approximate surface area is 123 Å². The molecule has 0 bridgehead atoms. The quantitative estimate of drug-likeness (QED) is 0.659. The number of aliphatic hydroxyl groups excluding tert-OH is 1. The third kappa shape index (κ3) is 5.26. The topological polar surface area (TPSA) is 91.3 Å². The van der Waals surface area contributed by atoms with E-state index in [9.17, 15) is 14.7 Å². The zero-order valence-corrected chi connectivity index (χ0v) is 12.2. The lowest BCUT2D eigenvalue weighted by atomic mass is 10.1. The van der Waals surface area contributed by atoms with Crippen LogP contribution in [0.1, 0.15) is 26.2 Å². The van der Waals surface area contributed by atoms with Gasteiger partial charge in [-0.15, -0.1) is 0 Å². The van der Waals surface area contributed by atoms with Gasteiger partial charge < -0.3 is 24.1 Å². The van der Waals surface area contributed by atoms with Crippen molar-refractivity contribution >= 4 is 11.9 Å². The van der Waals surface area contributed by atoms with Crippen molar-refractivity contribution in [1.29, 1.82) is 0 Å². The van der Waals surface area contributed by atoms with Crippen LogP contribution in [0, 0.1) is 5.92 Å². The van der Waals surface area contributed by atoms with Gasteiger partial charge in [0.15, 0.2) is 6.10 Å². The molecule has 0 aromatic rings. The molecule has 2 aliphatic rings. The molecule has 1 saturated heterocycles. The molecular formula is C14H22O7. The Morgan fingerprint density at radius 2 is 2.19 bits per heavy atom. The van der Waals surface area contributed by atoms with Crippen LogP contribution in [0.5, 0.6) is 0 Å². The van der Waals surface area contributed by atoms with Crippen molar-refractivity contribution in [2.24, 2.45) is 5.92 Å². The summed E-state index contributed by atoms with van der Waals surface area (Å²) in [5.41, 5.74) is 0. The van der Waals surface area contributed by atoms with Crippen LogP contribution < -0.4 is 0 Å². The summed E-state index contributed by atoms with van der Waals surface area (Å²) >= 11 is 0. The van der Waals surface area contributed by atoms with E-state index in [1.54, 1.807) is 6.92 Å². The van der Waals surface area contributed by atoms with Crippen LogP contribution in [-0.2, 0) is 23.7 Å². The highest BCUT2D eigenvalue weighted by molar-refractivity contribution is 5.80. The molecule has 1 aliphatic heterocycles. The predicted octanol–water partition coefficient (Wildman–Crippen LogP) is 0.674. The molecule has 1 N–H and O–H groups in total. The van der Waals surface area contributed by atoms with Crippen LogP contribution in [-0.4, -0.2) is 61.8 Å². The summed E-state index contributed by atoms with van der Waals surface area (Å²) in [5, 5.41) is 9.91. The normalized spacial score (nSPS) is 28.3. The van der Waals surface area contributed by atoms with Crippen molar-refractivity contribution in [3.05, 3.63) is 0 Å². The first-order chi connectivity index (χ1) is 10.0. The second kappa shape index (κ2) is 7.72. The van der Waals surface area contributed by atoms with E-state index in [-0.39, 0.29) is 31.5 Å². The van der Waals surface area contributed by atoms with Crippen LogP contribution in [0.15, 0.2) is 0 Å². The summed E-state index contributed by atoms with van der Waals surface area (Å²) in [4.78, 5) is 21.9. The molecule has 120 valence electrons. The van der Waals surface area contributed by atoms with E-state index in [0.29, 0.717) is 19.4 Å². The van der Waals surface area contributed by atoms with Gasteiger partial charge in [-0.3, -0.25) is 4.79 Å². The summed E-state index contributed by atoms with van der Waals surface area (Å²) in [5.74, 6) is 0.560. The number of carbonyl (C=O) groups excluding carboxylic acids is 2. The number of cyclic esters (lactones) is 2. The molecule has 1 saturated carbocycles. The fraction of sp³-hybridized carbons (Fsp3) is 0.857. The molecule has 0 spiro atoms. The van der Waals surface area contributed by atoms with E-state index >= 15 is 0 Å². The van der Waals surface area contributed by atoms with Gasteiger partial charge in [0.2, 0.25) is 0 Å². The number of aliphatic hydroxyl groups is 1. The summed E-state index contributed by atoms with van der Waals surface area (Å²) < 4.78 is 20.3. The van der Waals surface area contributed by atoms with E-state index < -0.39 is 24.5 Å². The van der Waals surface area contributed by atoms with Crippen molar-refractivity contribution in [3.8, 4) is 0 Å². The minimum atomic E-state index is -0.764. The van der Waals surface area contributed by atoms with Crippen molar-refractivity contribution in [3.63, 3.8) is 0 Å². The molecule has 0 aromatic heterocycles. The lowest BCUT2D eigenvalue weighted by molar-refractivity contribution is -0.117. The van der Waals surface area contributed by atoms with E-state index in [4.69, 9.17) is 14.2 Å². The van der Waals surface area contributed by atoms with Crippen molar-refractivity contribution in [1.82, 2.24) is 0 Å². The molecule has 7 heteroatoms. The van der Waals surface area contributed by atoms with Gasteiger partial charge in [0, 0.05) is 19.4 Å². The summed E-state index contributed by atoms with van der Waals surface area (Å²) in [6, 6.07) is 0. The maximum absolute atomic E-state index is 11.1. The Morgan fingerprint density at radius 3 is 2.81 bits per heavy atom. The average molecular weight is 302 g/mol. The Balaban J connectivity index is 1.55. The molecule has 0 radical (unpaired) electrons. The number of carbonyl (C=O) groups is 2. The molecule has 1 aliphatic carbocycles. The first kappa shape index (κ1) is 16.2. The molecule has 0 aromatic carbocycles. The van der Waals surface area contributed by atoms with Crippen molar-refractivity contribution in [2.45, 2.75) is 44.5 Å². The molecule has 1 heterocycles. The largest absolute Gasteiger partial charge is 0.508 e. The SMILES string of the molecule is CC(OCC1COC(=O)O1)C(O)COCC1CCC(=O)C1. The fourth-order valence-corrected chi connectivity index (χ4v) is 2.34. The zero-order valence-electron chi connectivity index (χ0n) is 12.2. The number of ether oxygens (including phenoxy) is 4. The standard InChI is InChI=1S/C14H22O7/c1-9(19-6-12-7-20-14(17)21-12)13(16)8-18-5-10-2-3-11(15)4-10/h9-10,12-13,16H,2-8H2,1H3. The third-order valence-electron chi connectivity index (χ3n) is 3.73. The van der Waals surface area contributed by atoms with Crippen molar-refractivity contribution in [2.75, 3.05) is 26.4 Å². The molecule has 4 unspecified atom stereocenters. The van der Waals surface area contributed by atoms with E-state index in [0.717, 1.165) is 6.42 Å². The Kier molecular flexibility index (Phi) is 5.96. The number of ketones is 1. The number of hydrogen-bond acceptors (Lipinski definition) is 7. The van der Waals surface area contributed by atoms with Crippen molar-refractivity contribution < 1.29 is 33.6 Å². The smallest absolute Gasteiger partial charge is 0.430 e. The van der Waals surface area contributed by atoms with Gasteiger partial charge in [-0.05, 0) is 19.3 Å². The van der Waals surface area contributed by atoms with Gasteiger partial charge in [-0.25, -0.2) is 4.79 Å². The molecule has 21 heavy (non-hydrogen) atoms. The second-order valence-corrected chi connectivity index (χ2v) is 5.59. The van der Waals surface area contributed by atoms with Crippen LogP contribution in [0.4, 0.5) is 4.79 Å². The molecule has 2 fully saturated rings. The second-order valence-electron chi connectivity index (χ2n) is 5.59. The van der Waals surface area contributed by atoms with Crippen LogP contribution in [0.3, 0.4) is 0 Å². The highest BCUT2D eigenvalue weighted by Gasteiger charge is 2.27. The first-order valence-electron chi connectivity index (χ1n) is 7.27. The number of hydrogen-bond donors (Lipinski definition) is 1. The number of rotatable bonds is 8. The van der Waals surface area contributed by atoms with Gasteiger partial charge in [-0.1, -0.05) is 0 Å². The first-order valence-corrected chi connectivity index (χ1v) is 7.27. The van der Waals surface area contributed by atoms with E-state index in [1.165, 1.54) is 0 Å². The molecule has 0 amide bonds. The third-order valence-corrected chi connectivity index (χ3v) is 3.73. The minimum Gasteiger partial charge on any atom is -0.430 e. The maximum atomic E-state index is 11.1. The van der Waals surface area contributed by atoms with Crippen LogP contribution >= 0.6 is 0 Å².